The first kappa shape index (κ1) is 13.2. The second kappa shape index (κ2) is 4.63. The van der Waals surface area contributed by atoms with Gasteiger partial charge in [0.1, 0.15) is 0 Å². The zero-order valence-corrected chi connectivity index (χ0v) is 12.9. The van der Waals surface area contributed by atoms with Crippen molar-refractivity contribution in [3.8, 4) is 0 Å². The lowest BCUT2D eigenvalue weighted by Gasteiger charge is -2.15. The van der Waals surface area contributed by atoms with Crippen molar-refractivity contribution in [2.75, 3.05) is 0 Å². The summed E-state index contributed by atoms with van der Waals surface area (Å²) in [4.78, 5) is 11.8. The van der Waals surface area contributed by atoms with Crippen LogP contribution in [0.25, 0.3) is 16.8 Å². The Balaban J connectivity index is 2.21. The molecule has 0 bridgehead atoms. The number of carbonyl (C=O) groups excluding carboxylic acids is 1. The van der Waals surface area contributed by atoms with Crippen LogP contribution >= 0.6 is 15.9 Å². The van der Waals surface area contributed by atoms with E-state index in [1.54, 1.807) is 0 Å². The Morgan fingerprint density at radius 2 is 1.85 bits per heavy atom. The Hall–Kier alpha value is -1.81. The molecule has 1 aliphatic heterocycles. The first-order valence-corrected chi connectivity index (χ1v) is 7.25. The Morgan fingerprint density at radius 1 is 1.10 bits per heavy atom. The van der Waals surface area contributed by atoms with Gasteiger partial charge in [-0.1, -0.05) is 46.3 Å². The van der Waals surface area contributed by atoms with Crippen LogP contribution in [0, 0.1) is 5.41 Å². The standard InChI is InChI=1S/C16H15BrN2O/c1-16(2)14(18-19-15(16)20)9-12-11-6-4-3-5-10(11)7-8-13(12)17/h3-9,18H,1-2H3,(H,19,20)/b14-9-. The molecule has 0 spiro atoms. The molecule has 2 aromatic carbocycles. The molecule has 0 radical (unpaired) electrons. The number of hydrogen-bond acceptors (Lipinski definition) is 2. The molecule has 1 saturated heterocycles. The van der Waals surface area contributed by atoms with E-state index in [2.05, 4.69) is 45.0 Å². The van der Waals surface area contributed by atoms with Gasteiger partial charge in [0.2, 0.25) is 5.91 Å². The predicted octanol–water partition coefficient (Wildman–Crippen LogP) is 3.60. The summed E-state index contributed by atoms with van der Waals surface area (Å²) in [6.07, 6.45) is 2.03. The fourth-order valence-electron chi connectivity index (χ4n) is 2.34. The van der Waals surface area contributed by atoms with Gasteiger partial charge >= 0.3 is 0 Å². The summed E-state index contributed by atoms with van der Waals surface area (Å²) in [5, 5.41) is 2.34. The number of rotatable bonds is 1. The molecule has 1 aliphatic rings. The molecule has 4 heteroatoms. The van der Waals surface area contributed by atoms with Crippen LogP contribution in [0.1, 0.15) is 19.4 Å². The quantitative estimate of drug-likeness (QED) is 0.838. The van der Waals surface area contributed by atoms with Crippen LogP contribution in [0.5, 0.6) is 0 Å². The maximum absolute atomic E-state index is 11.8. The molecule has 3 rings (SSSR count). The van der Waals surface area contributed by atoms with E-state index >= 15 is 0 Å². The zero-order valence-electron chi connectivity index (χ0n) is 11.3. The van der Waals surface area contributed by atoms with Crippen LogP contribution in [0.4, 0.5) is 0 Å². The highest BCUT2D eigenvalue weighted by Crippen LogP contribution is 2.34. The predicted molar refractivity (Wildman–Crippen MR) is 84.7 cm³/mol. The van der Waals surface area contributed by atoms with Gasteiger partial charge in [0.15, 0.2) is 0 Å². The summed E-state index contributed by atoms with van der Waals surface area (Å²) in [6, 6.07) is 12.3. The summed E-state index contributed by atoms with van der Waals surface area (Å²) in [6.45, 7) is 3.82. The monoisotopic (exact) mass is 330 g/mol. The molecule has 0 atom stereocenters. The average molecular weight is 331 g/mol. The van der Waals surface area contributed by atoms with Gasteiger partial charge in [-0.2, -0.15) is 0 Å². The number of amides is 1. The molecule has 1 fully saturated rings. The summed E-state index contributed by atoms with van der Waals surface area (Å²) >= 11 is 3.60. The van der Waals surface area contributed by atoms with Crippen molar-refractivity contribution in [3.05, 3.63) is 52.1 Å². The Labute approximate surface area is 126 Å². The summed E-state index contributed by atoms with van der Waals surface area (Å²) in [5.41, 5.74) is 7.06. The van der Waals surface area contributed by atoms with Crippen molar-refractivity contribution in [2.24, 2.45) is 5.41 Å². The number of nitrogens with one attached hydrogen (secondary N) is 2. The normalized spacial score (nSPS) is 19.1. The number of benzene rings is 2. The molecule has 20 heavy (non-hydrogen) atoms. The number of halogens is 1. The summed E-state index contributed by atoms with van der Waals surface area (Å²) in [5.74, 6) is -0.0138. The first-order valence-electron chi connectivity index (χ1n) is 6.46. The minimum absolute atomic E-state index is 0.0138. The maximum Gasteiger partial charge on any atom is 0.249 e. The topological polar surface area (TPSA) is 41.1 Å². The SMILES string of the molecule is CC1(C)C(=O)NN/C1=C\c1c(Br)ccc2ccccc12. The lowest BCUT2D eigenvalue weighted by atomic mass is 9.88. The van der Waals surface area contributed by atoms with E-state index in [0.29, 0.717) is 0 Å². The van der Waals surface area contributed by atoms with Gasteiger partial charge in [0.05, 0.1) is 5.41 Å². The van der Waals surface area contributed by atoms with E-state index in [-0.39, 0.29) is 5.91 Å². The molecule has 1 amide bonds. The van der Waals surface area contributed by atoms with Crippen molar-refractivity contribution >= 4 is 38.7 Å². The van der Waals surface area contributed by atoms with Gasteiger partial charge in [-0.15, -0.1) is 0 Å². The van der Waals surface area contributed by atoms with Gasteiger partial charge in [0.25, 0.3) is 0 Å². The second-order valence-electron chi connectivity index (χ2n) is 5.44. The lowest BCUT2D eigenvalue weighted by Crippen LogP contribution is -2.28. The van der Waals surface area contributed by atoms with E-state index in [1.165, 1.54) is 5.39 Å². The highest BCUT2D eigenvalue weighted by Gasteiger charge is 2.37. The minimum Gasteiger partial charge on any atom is -0.302 e. The average Bonchev–Trinajstić information content (AvgIpc) is 2.68. The van der Waals surface area contributed by atoms with Gasteiger partial charge in [-0.25, -0.2) is 0 Å². The molecular formula is C16H15BrN2O. The molecule has 1 heterocycles. The molecule has 102 valence electrons. The van der Waals surface area contributed by atoms with Gasteiger partial charge in [0, 0.05) is 10.2 Å². The number of carbonyl (C=O) groups is 1. The van der Waals surface area contributed by atoms with E-state index in [1.807, 2.05) is 38.1 Å². The molecular weight excluding hydrogens is 316 g/mol. The molecule has 0 saturated carbocycles. The summed E-state index contributed by atoms with van der Waals surface area (Å²) in [7, 11) is 0. The van der Waals surface area contributed by atoms with Crippen molar-refractivity contribution in [1.82, 2.24) is 10.9 Å². The highest BCUT2D eigenvalue weighted by molar-refractivity contribution is 9.10. The molecule has 2 N–H and O–H groups in total. The number of hydrogen-bond donors (Lipinski definition) is 2. The molecule has 2 aromatic rings. The minimum atomic E-state index is -0.545. The van der Waals surface area contributed by atoms with Crippen LogP contribution < -0.4 is 10.9 Å². The summed E-state index contributed by atoms with van der Waals surface area (Å²) < 4.78 is 1.01. The highest BCUT2D eigenvalue weighted by atomic mass is 79.9. The molecule has 3 nitrogen and oxygen atoms in total. The van der Waals surface area contributed by atoms with Gasteiger partial charge in [-0.05, 0) is 42.3 Å². The van der Waals surface area contributed by atoms with Crippen molar-refractivity contribution in [1.29, 1.82) is 0 Å². The molecule has 0 unspecified atom stereocenters. The third kappa shape index (κ3) is 2.00. The third-order valence-corrected chi connectivity index (χ3v) is 4.45. The first-order chi connectivity index (χ1) is 9.50. The number of hydrazine groups is 1. The molecule has 0 aromatic heterocycles. The fourth-order valence-corrected chi connectivity index (χ4v) is 2.80. The van der Waals surface area contributed by atoms with Crippen LogP contribution in [-0.4, -0.2) is 5.91 Å². The van der Waals surface area contributed by atoms with E-state index < -0.39 is 5.41 Å². The maximum atomic E-state index is 11.8. The van der Waals surface area contributed by atoms with Crippen LogP contribution in [0.2, 0.25) is 0 Å². The van der Waals surface area contributed by atoms with E-state index in [0.717, 1.165) is 21.1 Å². The van der Waals surface area contributed by atoms with Crippen LogP contribution in [0.3, 0.4) is 0 Å². The third-order valence-electron chi connectivity index (χ3n) is 3.76. The van der Waals surface area contributed by atoms with Gasteiger partial charge < -0.3 is 5.43 Å². The largest absolute Gasteiger partial charge is 0.302 e. The Bertz CT molecular complexity index is 734. The van der Waals surface area contributed by atoms with Crippen molar-refractivity contribution in [2.45, 2.75) is 13.8 Å². The smallest absolute Gasteiger partial charge is 0.249 e. The fraction of sp³-hybridized carbons (Fsp3) is 0.188. The number of fused-ring (bicyclic) bond motifs is 1. The lowest BCUT2D eigenvalue weighted by molar-refractivity contribution is -0.125. The van der Waals surface area contributed by atoms with Crippen LogP contribution in [0.15, 0.2) is 46.6 Å². The van der Waals surface area contributed by atoms with Crippen LogP contribution in [-0.2, 0) is 4.79 Å². The van der Waals surface area contributed by atoms with E-state index in [9.17, 15) is 4.79 Å². The van der Waals surface area contributed by atoms with Gasteiger partial charge in [-0.3, -0.25) is 10.2 Å². The zero-order chi connectivity index (χ0) is 14.3. The molecule has 0 aliphatic carbocycles. The Kier molecular flexibility index (Phi) is 3.05. The van der Waals surface area contributed by atoms with Crippen molar-refractivity contribution < 1.29 is 4.79 Å². The second-order valence-corrected chi connectivity index (χ2v) is 6.30. The van der Waals surface area contributed by atoms with Crippen molar-refractivity contribution in [3.63, 3.8) is 0 Å². The Morgan fingerprint density at radius 3 is 2.55 bits per heavy atom. The van der Waals surface area contributed by atoms with E-state index in [4.69, 9.17) is 0 Å².